The van der Waals surface area contributed by atoms with Crippen LogP contribution in [0.2, 0.25) is 0 Å². The van der Waals surface area contributed by atoms with Gasteiger partial charge < -0.3 is 5.11 Å². The Balaban J connectivity index is 1.69. The van der Waals surface area contributed by atoms with Crippen LogP contribution < -0.4 is 9.67 Å². The van der Waals surface area contributed by atoms with Crippen molar-refractivity contribution in [2.75, 3.05) is 0 Å². The lowest BCUT2D eigenvalue weighted by Gasteiger charge is -2.15. The van der Waals surface area contributed by atoms with Crippen molar-refractivity contribution in [2.45, 2.75) is 26.8 Å². The second kappa shape index (κ2) is 9.42. The van der Waals surface area contributed by atoms with Crippen LogP contribution in [0.15, 0.2) is 73.1 Å². The Bertz CT molecular complexity index is 1560. The number of aromatic nitrogens is 3. The largest absolute Gasteiger partial charge is 0.858 e. The summed E-state index contributed by atoms with van der Waals surface area (Å²) in [5, 5.41) is 18.1. The van der Waals surface area contributed by atoms with Crippen LogP contribution in [0.25, 0.3) is 17.0 Å². The lowest BCUT2D eigenvalue weighted by atomic mass is 10.0. The molecule has 0 spiro atoms. The molecule has 4 aromatic rings. The molecule has 2 amide bonds. The first kappa shape index (κ1) is 24.1. The number of amides is 2. The molecule has 0 unspecified atom stereocenters. The number of nitrogens with zero attached hydrogens (tertiary/aromatic N) is 4. The monoisotopic (exact) mass is 500 g/mol. The molecule has 2 aromatic heterocycles. The van der Waals surface area contributed by atoms with E-state index >= 15 is 0 Å². The van der Waals surface area contributed by atoms with E-state index in [0.717, 1.165) is 15.1 Å². The zero-order valence-electron chi connectivity index (χ0n) is 20.1. The van der Waals surface area contributed by atoms with E-state index in [4.69, 9.17) is 0 Å². The highest BCUT2D eigenvalue weighted by molar-refractivity contribution is 6.44. The Morgan fingerprint density at radius 1 is 0.946 bits per heavy atom. The van der Waals surface area contributed by atoms with Gasteiger partial charge in [-0.05, 0) is 67.3 Å². The Morgan fingerprint density at radius 2 is 1.59 bits per heavy atom. The highest BCUT2D eigenvalue weighted by Crippen LogP contribution is 2.37. The Kier molecular flexibility index (Phi) is 6.12. The van der Waals surface area contributed by atoms with Gasteiger partial charge >= 0.3 is 5.91 Å². The first-order valence-corrected chi connectivity index (χ1v) is 11.7. The highest BCUT2D eigenvalue weighted by Gasteiger charge is 2.46. The standard InChI is InChI=1S/C28H22F2N4O3/c1-3-22-23(27(36)34(31-22)21-12-10-20(30)11-13-21)24-25(32-14-4-5-17(2)15-32)28(37)33(26(24)35)16-18-6-8-19(29)9-7-18/h4-15H,3,16H2,1-2H3. The number of carbonyl (C=O) groups excluding carboxylic acids is 2. The molecule has 0 atom stereocenters. The summed E-state index contributed by atoms with van der Waals surface area (Å²) in [6.45, 7) is 3.54. The van der Waals surface area contributed by atoms with E-state index < -0.39 is 29.3 Å². The van der Waals surface area contributed by atoms with E-state index in [2.05, 4.69) is 5.10 Å². The minimum absolute atomic E-state index is 0.0239. The molecule has 0 radical (unpaired) electrons. The number of pyridine rings is 1. The summed E-state index contributed by atoms with van der Waals surface area (Å²) in [5.74, 6) is -2.73. The predicted molar refractivity (Wildman–Crippen MR) is 129 cm³/mol. The molecule has 7 nitrogen and oxygen atoms in total. The van der Waals surface area contributed by atoms with Crippen molar-refractivity contribution in [3.63, 3.8) is 0 Å². The van der Waals surface area contributed by atoms with Gasteiger partial charge in [-0.3, -0.25) is 14.5 Å². The molecule has 37 heavy (non-hydrogen) atoms. The van der Waals surface area contributed by atoms with E-state index in [0.29, 0.717) is 23.4 Å². The first-order chi connectivity index (χ1) is 17.8. The molecule has 186 valence electrons. The van der Waals surface area contributed by atoms with Crippen LogP contribution in [0, 0.1) is 18.6 Å². The van der Waals surface area contributed by atoms with E-state index in [9.17, 15) is 23.5 Å². The average Bonchev–Trinajstić information content (AvgIpc) is 3.33. The number of hydrogen-bond acceptors (Lipinski definition) is 4. The Morgan fingerprint density at radius 3 is 2.22 bits per heavy atom. The molecule has 0 saturated heterocycles. The third-order valence-electron chi connectivity index (χ3n) is 6.18. The van der Waals surface area contributed by atoms with Gasteiger partial charge in [0.15, 0.2) is 12.4 Å². The topological polar surface area (TPSA) is 82.1 Å². The lowest BCUT2D eigenvalue weighted by molar-refractivity contribution is -0.577. The minimum atomic E-state index is -0.649. The van der Waals surface area contributed by atoms with E-state index in [1.165, 1.54) is 53.1 Å². The second-order valence-electron chi connectivity index (χ2n) is 8.70. The molecular formula is C28H22F2N4O3. The maximum absolute atomic E-state index is 13.8. The first-order valence-electron chi connectivity index (χ1n) is 11.7. The molecule has 9 heteroatoms. The van der Waals surface area contributed by atoms with Crippen molar-refractivity contribution in [2.24, 2.45) is 0 Å². The van der Waals surface area contributed by atoms with Gasteiger partial charge in [0.05, 0.1) is 17.9 Å². The normalized spacial score (nSPS) is 13.7. The molecular weight excluding hydrogens is 478 g/mol. The molecule has 1 aliphatic rings. The van der Waals surface area contributed by atoms with Gasteiger partial charge in [0.25, 0.3) is 11.6 Å². The molecule has 0 fully saturated rings. The molecule has 5 rings (SSSR count). The Labute approximate surface area is 211 Å². The number of halogens is 2. The fourth-order valence-electron chi connectivity index (χ4n) is 4.38. The summed E-state index contributed by atoms with van der Waals surface area (Å²) in [5.41, 5.74) is 2.05. The SMILES string of the molecule is CCc1nn(-c2ccc(F)cc2)c([O-])c1C1=C([n+]2cccc(C)c2)C(=O)N(Cc2ccc(F)cc2)C1=O. The van der Waals surface area contributed by atoms with Crippen LogP contribution >= 0.6 is 0 Å². The van der Waals surface area contributed by atoms with E-state index in [-0.39, 0.29) is 23.4 Å². The summed E-state index contributed by atoms with van der Waals surface area (Å²) in [6, 6.07) is 14.3. The van der Waals surface area contributed by atoms with Crippen LogP contribution in [-0.2, 0) is 22.6 Å². The third-order valence-corrected chi connectivity index (χ3v) is 6.18. The van der Waals surface area contributed by atoms with Crippen molar-refractivity contribution < 1.29 is 28.0 Å². The zero-order valence-corrected chi connectivity index (χ0v) is 20.1. The van der Waals surface area contributed by atoms with Crippen molar-refractivity contribution in [1.82, 2.24) is 14.7 Å². The van der Waals surface area contributed by atoms with Crippen molar-refractivity contribution in [3.8, 4) is 11.6 Å². The van der Waals surface area contributed by atoms with Gasteiger partial charge in [0.1, 0.15) is 17.2 Å². The summed E-state index contributed by atoms with van der Waals surface area (Å²) in [6.07, 6.45) is 3.64. The molecule has 1 aliphatic heterocycles. The third kappa shape index (κ3) is 4.29. The van der Waals surface area contributed by atoms with Gasteiger partial charge in [-0.15, -0.1) is 0 Å². The number of imide groups is 1. The van der Waals surface area contributed by atoms with Crippen molar-refractivity contribution in [1.29, 1.82) is 0 Å². The van der Waals surface area contributed by atoms with Crippen LogP contribution in [0.5, 0.6) is 5.88 Å². The molecule has 3 heterocycles. The fraction of sp³-hybridized carbons (Fsp3) is 0.143. The zero-order chi connectivity index (χ0) is 26.3. The van der Waals surface area contributed by atoms with E-state index in [1.54, 1.807) is 25.4 Å². The van der Waals surface area contributed by atoms with Crippen LogP contribution in [0.1, 0.15) is 29.3 Å². The van der Waals surface area contributed by atoms with Crippen LogP contribution in [0.4, 0.5) is 8.78 Å². The van der Waals surface area contributed by atoms with Gasteiger partial charge in [-0.1, -0.05) is 19.1 Å². The number of hydrogen-bond donors (Lipinski definition) is 0. The van der Waals surface area contributed by atoms with Crippen LogP contribution in [0.3, 0.4) is 0 Å². The molecule has 0 bridgehead atoms. The maximum atomic E-state index is 13.8. The quantitative estimate of drug-likeness (QED) is 0.301. The lowest BCUT2D eigenvalue weighted by Crippen LogP contribution is -2.39. The summed E-state index contributed by atoms with van der Waals surface area (Å²) in [7, 11) is 0. The summed E-state index contributed by atoms with van der Waals surface area (Å²) < 4.78 is 29.6. The second-order valence-corrected chi connectivity index (χ2v) is 8.70. The highest BCUT2D eigenvalue weighted by atomic mass is 19.1. The number of aryl methyl sites for hydroxylation is 2. The van der Waals surface area contributed by atoms with Crippen molar-refractivity contribution >= 4 is 23.1 Å². The fourth-order valence-corrected chi connectivity index (χ4v) is 4.38. The van der Waals surface area contributed by atoms with Crippen LogP contribution in [-0.4, -0.2) is 26.5 Å². The maximum Gasteiger partial charge on any atom is 0.327 e. The molecule has 0 aliphatic carbocycles. The number of benzene rings is 2. The molecule has 0 N–H and O–H groups in total. The van der Waals surface area contributed by atoms with Gasteiger partial charge in [-0.2, -0.15) is 9.67 Å². The number of carbonyl (C=O) groups is 2. The molecule has 2 aromatic carbocycles. The van der Waals surface area contributed by atoms with Gasteiger partial charge in [0.2, 0.25) is 0 Å². The Hall–Kier alpha value is -4.66. The van der Waals surface area contributed by atoms with E-state index in [1.807, 2.05) is 13.0 Å². The van der Waals surface area contributed by atoms with Crippen molar-refractivity contribution in [3.05, 3.63) is 107 Å². The number of rotatable bonds is 6. The summed E-state index contributed by atoms with van der Waals surface area (Å²) in [4.78, 5) is 28.5. The van der Waals surface area contributed by atoms with Gasteiger partial charge in [0, 0.05) is 17.2 Å². The minimum Gasteiger partial charge on any atom is -0.858 e. The molecule has 0 saturated carbocycles. The summed E-state index contributed by atoms with van der Waals surface area (Å²) >= 11 is 0. The smallest absolute Gasteiger partial charge is 0.327 e. The predicted octanol–water partition coefficient (Wildman–Crippen LogP) is 3.32. The average molecular weight is 501 g/mol. The van der Waals surface area contributed by atoms with Gasteiger partial charge in [-0.25, -0.2) is 13.5 Å².